The fraction of sp³-hybridized carbons (Fsp3) is 0.267. The molecule has 1 aliphatic heterocycles. The largest absolute Gasteiger partial charge is 0.481 e. The van der Waals surface area contributed by atoms with Crippen LogP contribution in [0.5, 0.6) is 0 Å². The van der Waals surface area contributed by atoms with Gasteiger partial charge < -0.3 is 15.3 Å². The van der Waals surface area contributed by atoms with E-state index in [-0.39, 0.29) is 25.4 Å². The van der Waals surface area contributed by atoms with Crippen LogP contribution in [-0.2, 0) is 11.3 Å². The van der Waals surface area contributed by atoms with Crippen molar-refractivity contribution in [2.24, 2.45) is 0 Å². The van der Waals surface area contributed by atoms with Crippen molar-refractivity contribution in [3.8, 4) is 0 Å². The first-order valence-corrected chi connectivity index (χ1v) is 7.78. The molecule has 1 aliphatic rings. The average molecular weight is 386 g/mol. The minimum atomic E-state index is -0.964. The molecule has 2 amide bonds. The second-order valence-corrected chi connectivity index (χ2v) is 5.70. The number of nitrogens with one attached hydrogen (secondary N) is 2. The fourth-order valence-corrected chi connectivity index (χ4v) is 2.69. The van der Waals surface area contributed by atoms with Gasteiger partial charge in [0.25, 0.3) is 0 Å². The quantitative estimate of drug-likeness (QED) is 0.734. The number of carbonyl (C=O) groups excluding carboxylic acids is 1. The van der Waals surface area contributed by atoms with E-state index in [0.29, 0.717) is 17.4 Å². The van der Waals surface area contributed by atoms with E-state index in [4.69, 9.17) is 16.7 Å². The van der Waals surface area contributed by atoms with Crippen LogP contribution in [0.3, 0.4) is 0 Å². The van der Waals surface area contributed by atoms with Crippen molar-refractivity contribution in [1.29, 1.82) is 0 Å². The van der Waals surface area contributed by atoms with Gasteiger partial charge in [-0.1, -0.05) is 17.7 Å². The molecule has 134 valence electrons. The summed E-state index contributed by atoms with van der Waals surface area (Å²) in [6.07, 6.45) is -0.129. The molecule has 0 saturated heterocycles. The lowest BCUT2D eigenvalue weighted by atomic mass is 10.3. The number of carboxylic acid groups (broad SMARTS) is 1. The number of nitrogens with zero attached hydrogens (tertiary/aromatic N) is 3. The molecule has 0 unspecified atom stereocenters. The summed E-state index contributed by atoms with van der Waals surface area (Å²) in [6.45, 7) is 1.53. The number of carboxylic acids is 1. The zero-order chi connectivity index (χ0) is 17.1. The van der Waals surface area contributed by atoms with E-state index < -0.39 is 12.0 Å². The molecule has 25 heavy (non-hydrogen) atoms. The van der Waals surface area contributed by atoms with Crippen LogP contribution in [0.25, 0.3) is 0 Å². The number of hydrogen-bond acceptors (Lipinski definition) is 4. The molecule has 2 heterocycles. The minimum Gasteiger partial charge on any atom is -0.481 e. The summed E-state index contributed by atoms with van der Waals surface area (Å²) >= 11 is 6.04. The van der Waals surface area contributed by atoms with Crippen LogP contribution in [0.2, 0.25) is 5.02 Å². The van der Waals surface area contributed by atoms with E-state index in [1.807, 2.05) is 24.3 Å². The molecule has 0 radical (unpaired) electrons. The normalized spacial score (nSPS) is 12.3. The van der Waals surface area contributed by atoms with Crippen molar-refractivity contribution in [2.45, 2.75) is 13.0 Å². The summed E-state index contributed by atoms with van der Waals surface area (Å²) in [5.41, 5.74) is 0.957. The third-order valence-corrected chi connectivity index (χ3v) is 3.79. The predicted octanol–water partition coefficient (Wildman–Crippen LogP) is 2.71. The van der Waals surface area contributed by atoms with Crippen LogP contribution in [0.4, 0.5) is 22.1 Å². The molecule has 1 aromatic heterocycles. The van der Waals surface area contributed by atoms with Gasteiger partial charge in [0.05, 0.1) is 13.0 Å². The molecule has 0 aliphatic carbocycles. The SMILES string of the molecule is Cl.O=C(O)CCNC(=O)Nc1cc2n(n1)CCN2c1cccc(Cl)c1. The Morgan fingerprint density at radius 1 is 1.28 bits per heavy atom. The van der Waals surface area contributed by atoms with Crippen molar-refractivity contribution in [3.05, 3.63) is 35.4 Å². The molecule has 0 bridgehead atoms. The van der Waals surface area contributed by atoms with Gasteiger partial charge in [-0.15, -0.1) is 12.4 Å². The zero-order valence-corrected chi connectivity index (χ0v) is 14.7. The smallest absolute Gasteiger partial charge is 0.320 e. The number of amides is 2. The van der Waals surface area contributed by atoms with E-state index in [9.17, 15) is 9.59 Å². The Labute approximate surface area is 155 Å². The number of urea groups is 1. The Bertz CT molecular complexity index is 780. The number of benzene rings is 1. The number of carbonyl (C=O) groups is 2. The molecule has 2 aromatic rings. The van der Waals surface area contributed by atoms with E-state index in [0.717, 1.165) is 18.1 Å². The molecule has 3 rings (SSSR count). The zero-order valence-electron chi connectivity index (χ0n) is 13.1. The summed E-state index contributed by atoms with van der Waals surface area (Å²) in [5.74, 6) is 0.302. The first kappa shape index (κ1) is 18.9. The molecular formula is C15H17Cl2N5O3. The molecule has 0 fully saturated rings. The van der Waals surface area contributed by atoms with Gasteiger partial charge in [-0.25, -0.2) is 9.48 Å². The summed E-state index contributed by atoms with van der Waals surface area (Å²) < 4.78 is 1.80. The summed E-state index contributed by atoms with van der Waals surface area (Å²) in [7, 11) is 0. The first-order chi connectivity index (χ1) is 11.5. The maximum atomic E-state index is 11.7. The monoisotopic (exact) mass is 385 g/mol. The Morgan fingerprint density at radius 2 is 2.08 bits per heavy atom. The average Bonchev–Trinajstić information content (AvgIpc) is 3.06. The predicted molar refractivity (Wildman–Crippen MR) is 97.2 cm³/mol. The maximum Gasteiger partial charge on any atom is 0.320 e. The fourth-order valence-electron chi connectivity index (χ4n) is 2.51. The van der Waals surface area contributed by atoms with Crippen LogP contribution < -0.4 is 15.5 Å². The van der Waals surface area contributed by atoms with Crippen molar-refractivity contribution < 1.29 is 14.7 Å². The molecule has 0 spiro atoms. The van der Waals surface area contributed by atoms with Crippen LogP contribution >= 0.6 is 24.0 Å². The van der Waals surface area contributed by atoms with Gasteiger partial charge >= 0.3 is 12.0 Å². The van der Waals surface area contributed by atoms with E-state index in [2.05, 4.69) is 20.6 Å². The van der Waals surface area contributed by atoms with Crippen LogP contribution in [0.15, 0.2) is 30.3 Å². The Balaban J connectivity index is 0.00000225. The summed E-state index contributed by atoms with van der Waals surface area (Å²) in [5, 5.41) is 18.6. The molecule has 0 atom stereocenters. The topological polar surface area (TPSA) is 99.5 Å². The van der Waals surface area contributed by atoms with Gasteiger partial charge in [0, 0.05) is 29.9 Å². The molecule has 1 aromatic carbocycles. The standard InChI is InChI=1S/C15H16ClN5O3.ClH/c16-10-2-1-3-11(8-10)20-6-7-21-13(20)9-12(19-21)18-15(24)17-5-4-14(22)23;/h1-3,8-9H,4-7H2,(H,22,23)(H2,17,18,19,24);1H. The summed E-state index contributed by atoms with van der Waals surface area (Å²) in [6, 6.07) is 8.81. The number of halogens is 2. The summed E-state index contributed by atoms with van der Waals surface area (Å²) in [4.78, 5) is 24.2. The highest BCUT2D eigenvalue weighted by atomic mass is 35.5. The van der Waals surface area contributed by atoms with Gasteiger partial charge in [0.15, 0.2) is 5.82 Å². The molecule has 8 nitrogen and oxygen atoms in total. The van der Waals surface area contributed by atoms with Crippen molar-refractivity contribution in [1.82, 2.24) is 15.1 Å². The van der Waals surface area contributed by atoms with Gasteiger partial charge in [-0.2, -0.15) is 5.10 Å². The number of rotatable bonds is 5. The van der Waals surface area contributed by atoms with Gasteiger partial charge in [0.2, 0.25) is 0 Å². The molecular weight excluding hydrogens is 369 g/mol. The highest BCUT2D eigenvalue weighted by Crippen LogP contribution is 2.32. The number of aromatic nitrogens is 2. The second-order valence-electron chi connectivity index (χ2n) is 5.27. The van der Waals surface area contributed by atoms with E-state index in [1.54, 1.807) is 10.7 Å². The van der Waals surface area contributed by atoms with Crippen molar-refractivity contribution >= 4 is 53.3 Å². The number of anilines is 3. The van der Waals surface area contributed by atoms with Crippen LogP contribution in [-0.4, -0.2) is 40.0 Å². The molecule has 10 heteroatoms. The minimum absolute atomic E-state index is 0. The lowest BCUT2D eigenvalue weighted by molar-refractivity contribution is -0.136. The lowest BCUT2D eigenvalue weighted by Crippen LogP contribution is -2.30. The van der Waals surface area contributed by atoms with Gasteiger partial charge in [-0.05, 0) is 18.2 Å². The first-order valence-electron chi connectivity index (χ1n) is 7.40. The van der Waals surface area contributed by atoms with E-state index in [1.165, 1.54) is 0 Å². The van der Waals surface area contributed by atoms with Crippen LogP contribution in [0, 0.1) is 0 Å². The third kappa shape index (κ3) is 4.55. The number of hydrogen-bond donors (Lipinski definition) is 3. The van der Waals surface area contributed by atoms with Crippen LogP contribution in [0.1, 0.15) is 6.42 Å². The molecule has 0 saturated carbocycles. The van der Waals surface area contributed by atoms with Crippen molar-refractivity contribution in [3.63, 3.8) is 0 Å². The Hall–Kier alpha value is -2.45. The Morgan fingerprint density at radius 3 is 2.80 bits per heavy atom. The lowest BCUT2D eigenvalue weighted by Gasteiger charge is -2.17. The maximum absolute atomic E-state index is 11.7. The molecule has 3 N–H and O–H groups in total. The van der Waals surface area contributed by atoms with E-state index >= 15 is 0 Å². The van der Waals surface area contributed by atoms with Gasteiger partial charge in [0.1, 0.15) is 5.82 Å². The Kier molecular flexibility index (Phi) is 6.11. The third-order valence-electron chi connectivity index (χ3n) is 3.56. The van der Waals surface area contributed by atoms with Crippen molar-refractivity contribution in [2.75, 3.05) is 23.3 Å². The highest BCUT2D eigenvalue weighted by molar-refractivity contribution is 6.30. The number of fused-ring (bicyclic) bond motifs is 1. The highest BCUT2D eigenvalue weighted by Gasteiger charge is 2.23. The second kappa shape index (κ2) is 8.09. The number of aliphatic carboxylic acids is 1. The van der Waals surface area contributed by atoms with Gasteiger partial charge in [-0.3, -0.25) is 10.1 Å².